The monoisotopic (exact) mass is 381 g/mol. The third-order valence-electron chi connectivity index (χ3n) is 2.25. The van der Waals surface area contributed by atoms with Crippen LogP contribution in [0.1, 0.15) is 29.6 Å². The number of para-hydroxylation sites is 1. The summed E-state index contributed by atoms with van der Waals surface area (Å²) in [7, 11) is 0. The van der Waals surface area contributed by atoms with Crippen molar-refractivity contribution in [2.45, 2.75) is 19.3 Å². The zero-order chi connectivity index (χ0) is 19.0. The van der Waals surface area contributed by atoms with Crippen LogP contribution in [0, 0.1) is 13.5 Å². The fraction of sp³-hybridized carbons (Fsp3) is 0.250. The molecule has 1 aromatic rings. The van der Waals surface area contributed by atoms with E-state index in [1.807, 2.05) is 0 Å². The van der Waals surface area contributed by atoms with Crippen molar-refractivity contribution in [3.05, 3.63) is 49.9 Å². The van der Waals surface area contributed by atoms with Crippen LogP contribution in [-0.2, 0) is 33.9 Å². The van der Waals surface area contributed by atoms with E-state index in [0.717, 1.165) is 0 Å². The van der Waals surface area contributed by atoms with Crippen LogP contribution in [0.5, 0.6) is 5.75 Å². The fourth-order valence-electron chi connectivity index (χ4n) is 1.35. The van der Waals surface area contributed by atoms with Gasteiger partial charge in [-0.05, 0) is 12.1 Å². The molecular weight excluding hydrogens is 363 g/mol. The molecule has 135 valence electrons. The predicted molar refractivity (Wildman–Crippen MR) is 79.8 cm³/mol. The van der Waals surface area contributed by atoms with Crippen LogP contribution < -0.4 is 4.74 Å². The van der Waals surface area contributed by atoms with Crippen molar-refractivity contribution in [3.8, 4) is 5.75 Å². The van der Waals surface area contributed by atoms with Crippen LogP contribution >= 0.6 is 0 Å². The summed E-state index contributed by atoms with van der Waals surface area (Å²) in [5.41, 5.74) is 0.115. The number of carbonyl (C=O) groups excluding carboxylic acids is 2. The quantitative estimate of drug-likeness (QED) is 0.439. The zero-order valence-electron chi connectivity index (χ0n) is 12.9. The maximum absolute atomic E-state index is 11.7. The number of hydrogen-bond donors (Lipinski definition) is 1. The number of esters is 2. The molecular formula is C16H18CoO7-2. The molecule has 0 aliphatic heterocycles. The Balaban J connectivity index is 0. The number of carboxylic acid groups (broad SMARTS) is 1. The molecule has 1 rings (SSSR count). The van der Waals surface area contributed by atoms with Crippen molar-refractivity contribution in [3.63, 3.8) is 0 Å². The Morgan fingerprint density at radius 2 is 1.75 bits per heavy atom. The van der Waals surface area contributed by atoms with Gasteiger partial charge in [0.15, 0.2) is 0 Å². The Kier molecular flexibility index (Phi) is 15.5. The topological polar surface area (TPSA) is 107 Å². The average molecular weight is 381 g/mol. The number of hydrogen-bond acceptors (Lipinski definition) is 6. The van der Waals surface area contributed by atoms with E-state index >= 15 is 0 Å². The molecule has 1 aromatic carbocycles. The molecule has 0 aliphatic carbocycles. The van der Waals surface area contributed by atoms with Gasteiger partial charge in [0.25, 0.3) is 0 Å². The van der Waals surface area contributed by atoms with Crippen molar-refractivity contribution in [1.82, 2.24) is 0 Å². The van der Waals surface area contributed by atoms with Crippen molar-refractivity contribution in [2.24, 2.45) is 0 Å². The predicted octanol–water partition coefficient (Wildman–Crippen LogP) is 2.32. The van der Waals surface area contributed by atoms with Gasteiger partial charge in [0.2, 0.25) is 0 Å². The third-order valence-corrected chi connectivity index (χ3v) is 2.25. The molecule has 0 saturated carbocycles. The normalized spacial score (nSPS) is 8.58. The summed E-state index contributed by atoms with van der Waals surface area (Å²) in [5, 5.41) is 8.48. The zero-order valence-corrected chi connectivity index (χ0v) is 13.9. The molecule has 0 amide bonds. The SMILES string of the molecule is [CH-]=C.[CH2-]CCOC(=O)c1ccccc1OC(=O)CCC(=O)O.[O]=[Co]. The van der Waals surface area contributed by atoms with E-state index in [-0.39, 0.29) is 30.8 Å². The molecule has 0 radical (unpaired) electrons. The van der Waals surface area contributed by atoms with Gasteiger partial charge >= 0.3 is 37.4 Å². The first-order valence-corrected chi connectivity index (χ1v) is 6.99. The molecule has 0 unspecified atom stereocenters. The number of carboxylic acids is 1. The van der Waals surface area contributed by atoms with Crippen LogP contribution in [0.3, 0.4) is 0 Å². The second-order valence-electron chi connectivity index (χ2n) is 3.85. The summed E-state index contributed by atoms with van der Waals surface area (Å²) in [5.74, 6) is -2.37. The molecule has 24 heavy (non-hydrogen) atoms. The van der Waals surface area contributed by atoms with Gasteiger partial charge in [-0.1, -0.05) is 12.1 Å². The van der Waals surface area contributed by atoms with Crippen LogP contribution in [0.4, 0.5) is 0 Å². The van der Waals surface area contributed by atoms with Gasteiger partial charge in [-0.25, -0.2) is 4.79 Å². The van der Waals surface area contributed by atoms with Gasteiger partial charge in [0.05, 0.1) is 19.4 Å². The summed E-state index contributed by atoms with van der Waals surface area (Å²) >= 11 is 2.31. The van der Waals surface area contributed by atoms with E-state index in [4.69, 9.17) is 18.4 Å². The van der Waals surface area contributed by atoms with Gasteiger partial charge in [0.1, 0.15) is 11.3 Å². The fourth-order valence-corrected chi connectivity index (χ4v) is 1.35. The number of benzene rings is 1. The van der Waals surface area contributed by atoms with E-state index in [1.54, 1.807) is 12.1 Å². The molecule has 7 nitrogen and oxygen atoms in total. The van der Waals surface area contributed by atoms with Gasteiger partial charge in [-0.3, -0.25) is 16.2 Å². The molecule has 0 saturated heterocycles. The van der Waals surface area contributed by atoms with Crippen LogP contribution in [-0.4, -0.2) is 29.6 Å². The van der Waals surface area contributed by atoms with Crippen molar-refractivity contribution in [1.29, 1.82) is 0 Å². The summed E-state index contributed by atoms with van der Waals surface area (Å²) < 4.78 is 17.8. The van der Waals surface area contributed by atoms with Crippen LogP contribution in [0.25, 0.3) is 0 Å². The molecule has 0 aliphatic rings. The van der Waals surface area contributed by atoms with E-state index in [1.165, 1.54) is 12.1 Å². The van der Waals surface area contributed by atoms with Gasteiger partial charge < -0.3 is 28.1 Å². The van der Waals surface area contributed by atoms with E-state index < -0.39 is 17.9 Å². The number of rotatable bonds is 7. The Bertz CT molecular complexity index is 529. The Hall–Kier alpha value is -2.32. The first-order chi connectivity index (χ1) is 11.5. The minimum absolute atomic E-state index is 0.0527. The Morgan fingerprint density at radius 1 is 1.17 bits per heavy atom. The second-order valence-corrected chi connectivity index (χ2v) is 3.85. The van der Waals surface area contributed by atoms with Crippen molar-refractivity contribution < 1.29 is 48.5 Å². The Morgan fingerprint density at radius 3 is 2.29 bits per heavy atom. The molecule has 0 atom stereocenters. The van der Waals surface area contributed by atoms with Crippen LogP contribution in [0.15, 0.2) is 30.8 Å². The van der Waals surface area contributed by atoms with Crippen LogP contribution in [0.2, 0.25) is 0 Å². The number of carbonyl (C=O) groups is 3. The average Bonchev–Trinajstić information content (AvgIpc) is 2.62. The summed E-state index contributed by atoms with van der Waals surface area (Å²) in [6.07, 6.45) is -0.156. The van der Waals surface area contributed by atoms with Crippen molar-refractivity contribution >= 4 is 17.9 Å². The minimum atomic E-state index is -1.09. The molecule has 0 spiro atoms. The van der Waals surface area contributed by atoms with E-state index in [9.17, 15) is 14.4 Å². The summed E-state index contributed by atoms with van der Waals surface area (Å²) in [6.45, 7) is 10.7. The molecule has 0 heterocycles. The maximum atomic E-state index is 11.7. The second kappa shape index (κ2) is 15.6. The number of aliphatic carboxylic acids is 1. The number of ether oxygens (including phenoxy) is 2. The van der Waals surface area contributed by atoms with Gasteiger partial charge in [-0.15, -0.1) is 6.42 Å². The van der Waals surface area contributed by atoms with Gasteiger partial charge in [-0.2, -0.15) is 0 Å². The first-order valence-electron chi connectivity index (χ1n) is 6.57. The molecule has 0 bridgehead atoms. The molecule has 0 aromatic heterocycles. The van der Waals surface area contributed by atoms with E-state index in [0.29, 0.717) is 6.42 Å². The van der Waals surface area contributed by atoms with E-state index in [2.05, 4.69) is 35.7 Å². The summed E-state index contributed by atoms with van der Waals surface area (Å²) in [6, 6.07) is 6.11. The first kappa shape index (κ1) is 23.9. The van der Waals surface area contributed by atoms with Crippen molar-refractivity contribution in [2.75, 3.05) is 6.61 Å². The summed E-state index contributed by atoms with van der Waals surface area (Å²) in [4.78, 5) is 33.6. The Labute approximate surface area is 148 Å². The van der Waals surface area contributed by atoms with Gasteiger partial charge in [0, 0.05) is 0 Å². The molecule has 0 fully saturated rings. The molecule has 8 heteroatoms. The molecule has 1 N–H and O–H groups in total. The third kappa shape index (κ3) is 10.4. The standard InChI is InChI=1S/C14H15O6.C2H3.Co.O/c1-2-9-19-14(18)10-5-3-4-6-11(10)20-13(17)8-7-12(15)16;1-2;;/h3-6H,1-2,7-9H2,(H,15,16);1H,2H2;;/q2*-1;;.